The van der Waals surface area contributed by atoms with Crippen molar-refractivity contribution in [3.8, 4) is 11.4 Å². The molecule has 0 fully saturated rings. The third-order valence-corrected chi connectivity index (χ3v) is 5.99. The quantitative estimate of drug-likeness (QED) is 0.217. The van der Waals surface area contributed by atoms with Crippen molar-refractivity contribution in [1.82, 2.24) is 9.55 Å². The Morgan fingerprint density at radius 2 is 1.80 bits per heavy atom. The fourth-order valence-electron chi connectivity index (χ4n) is 3.03. The minimum atomic E-state index is -0.193. The SMILES string of the molecule is COc1ccc(-n2c(SCC(=O)c3ccccc3)nc3ccc(Br)cc3c2=O)cc1. The van der Waals surface area contributed by atoms with Crippen molar-refractivity contribution in [2.45, 2.75) is 5.16 Å². The lowest BCUT2D eigenvalue weighted by atomic mass is 10.2. The molecule has 0 unspecified atom stereocenters. The number of methoxy groups -OCH3 is 1. The number of thioether (sulfide) groups is 1. The van der Waals surface area contributed by atoms with Crippen LogP contribution in [0.3, 0.4) is 0 Å². The maximum Gasteiger partial charge on any atom is 0.266 e. The average Bonchev–Trinajstić information content (AvgIpc) is 2.79. The molecule has 1 heterocycles. The third kappa shape index (κ3) is 4.17. The van der Waals surface area contributed by atoms with Gasteiger partial charge in [0, 0.05) is 10.0 Å². The van der Waals surface area contributed by atoms with Crippen LogP contribution in [0.25, 0.3) is 16.6 Å². The summed E-state index contributed by atoms with van der Waals surface area (Å²) in [5.74, 6) is 0.845. The van der Waals surface area contributed by atoms with E-state index < -0.39 is 0 Å². The standard InChI is InChI=1S/C23H17BrN2O3S/c1-29-18-10-8-17(9-11-18)26-22(28)19-13-16(24)7-12-20(19)25-23(26)30-14-21(27)15-5-3-2-4-6-15/h2-13H,14H2,1H3. The summed E-state index contributed by atoms with van der Waals surface area (Å²) in [5, 5.41) is 0.961. The molecular weight excluding hydrogens is 464 g/mol. The highest BCUT2D eigenvalue weighted by molar-refractivity contribution is 9.10. The van der Waals surface area contributed by atoms with Crippen LogP contribution in [0.15, 0.2) is 87.2 Å². The zero-order valence-electron chi connectivity index (χ0n) is 16.0. The van der Waals surface area contributed by atoms with E-state index in [1.54, 1.807) is 55.6 Å². The predicted molar refractivity (Wildman–Crippen MR) is 123 cm³/mol. The molecule has 4 rings (SSSR count). The van der Waals surface area contributed by atoms with E-state index in [-0.39, 0.29) is 17.1 Å². The molecule has 0 atom stereocenters. The molecule has 0 N–H and O–H groups in total. The third-order valence-electron chi connectivity index (χ3n) is 4.56. The van der Waals surface area contributed by atoms with Crippen LogP contribution < -0.4 is 10.3 Å². The molecule has 30 heavy (non-hydrogen) atoms. The smallest absolute Gasteiger partial charge is 0.266 e. The van der Waals surface area contributed by atoms with E-state index in [0.717, 1.165) is 4.47 Å². The molecule has 0 saturated heterocycles. The van der Waals surface area contributed by atoms with Crippen molar-refractivity contribution >= 4 is 44.4 Å². The Labute approximate surface area is 185 Å². The summed E-state index contributed by atoms with van der Waals surface area (Å²) in [5.41, 5.74) is 1.68. The van der Waals surface area contributed by atoms with Gasteiger partial charge in [-0.25, -0.2) is 4.98 Å². The van der Waals surface area contributed by atoms with Gasteiger partial charge in [0.15, 0.2) is 10.9 Å². The summed E-state index contributed by atoms with van der Waals surface area (Å²) in [6.07, 6.45) is 0. The Balaban J connectivity index is 1.79. The normalized spacial score (nSPS) is 10.9. The molecule has 0 aliphatic heterocycles. The van der Waals surface area contributed by atoms with E-state index in [0.29, 0.717) is 33.1 Å². The summed E-state index contributed by atoms with van der Waals surface area (Å²) < 4.78 is 7.56. The van der Waals surface area contributed by atoms with Crippen LogP contribution in [0.5, 0.6) is 5.75 Å². The minimum Gasteiger partial charge on any atom is -0.497 e. The van der Waals surface area contributed by atoms with E-state index in [4.69, 9.17) is 4.74 Å². The number of fused-ring (bicyclic) bond motifs is 1. The zero-order chi connectivity index (χ0) is 21.1. The average molecular weight is 481 g/mol. The van der Waals surface area contributed by atoms with Gasteiger partial charge in [0.2, 0.25) is 0 Å². The summed E-state index contributed by atoms with van der Waals surface area (Å²) in [7, 11) is 1.59. The van der Waals surface area contributed by atoms with Crippen LogP contribution >= 0.6 is 27.7 Å². The number of ether oxygens (including phenoxy) is 1. The number of hydrogen-bond acceptors (Lipinski definition) is 5. The lowest BCUT2D eigenvalue weighted by Crippen LogP contribution is -2.22. The van der Waals surface area contributed by atoms with Gasteiger partial charge in [0.1, 0.15) is 5.75 Å². The van der Waals surface area contributed by atoms with Gasteiger partial charge >= 0.3 is 0 Å². The molecule has 0 aliphatic carbocycles. The second kappa shape index (κ2) is 8.85. The second-order valence-electron chi connectivity index (χ2n) is 6.47. The van der Waals surface area contributed by atoms with Crippen molar-refractivity contribution < 1.29 is 9.53 Å². The molecular formula is C23H17BrN2O3S. The first-order chi connectivity index (χ1) is 14.6. The Morgan fingerprint density at radius 1 is 1.07 bits per heavy atom. The van der Waals surface area contributed by atoms with Crippen molar-refractivity contribution in [3.63, 3.8) is 0 Å². The Kier molecular flexibility index (Phi) is 6.01. The van der Waals surface area contributed by atoms with Crippen LogP contribution in [-0.4, -0.2) is 28.2 Å². The molecule has 3 aromatic carbocycles. The number of carbonyl (C=O) groups excluding carboxylic acids is 1. The second-order valence-corrected chi connectivity index (χ2v) is 8.33. The monoisotopic (exact) mass is 480 g/mol. The van der Waals surface area contributed by atoms with Gasteiger partial charge in [0.25, 0.3) is 5.56 Å². The van der Waals surface area contributed by atoms with Crippen LogP contribution in [0, 0.1) is 0 Å². The number of benzene rings is 3. The van der Waals surface area contributed by atoms with Crippen LogP contribution in [-0.2, 0) is 0 Å². The number of ketones is 1. The van der Waals surface area contributed by atoms with Crippen LogP contribution in [0.4, 0.5) is 0 Å². The number of aromatic nitrogens is 2. The maximum absolute atomic E-state index is 13.3. The van der Waals surface area contributed by atoms with E-state index in [1.807, 2.05) is 24.3 Å². The molecule has 0 aliphatic rings. The summed E-state index contributed by atoms with van der Waals surface area (Å²) in [4.78, 5) is 30.6. The van der Waals surface area contributed by atoms with Gasteiger partial charge < -0.3 is 4.74 Å². The highest BCUT2D eigenvalue weighted by Gasteiger charge is 2.16. The minimum absolute atomic E-state index is 0.0213. The van der Waals surface area contributed by atoms with E-state index in [2.05, 4.69) is 20.9 Å². The number of halogens is 1. The topological polar surface area (TPSA) is 61.2 Å². The lowest BCUT2D eigenvalue weighted by Gasteiger charge is -2.13. The Hall–Kier alpha value is -2.90. The molecule has 5 nitrogen and oxygen atoms in total. The summed E-state index contributed by atoms with van der Waals surface area (Å²) >= 11 is 4.67. The largest absolute Gasteiger partial charge is 0.497 e. The number of rotatable bonds is 6. The van der Waals surface area contributed by atoms with E-state index >= 15 is 0 Å². The number of carbonyl (C=O) groups is 1. The van der Waals surface area contributed by atoms with Crippen molar-refractivity contribution in [3.05, 3.63) is 93.2 Å². The first-order valence-corrected chi connectivity index (χ1v) is 10.9. The molecule has 0 radical (unpaired) electrons. The van der Waals surface area contributed by atoms with Crippen molar-refractivity contribution in [1.29, 1.82) is 0 Å². The molecule has 0 saturated carbocycles. The number of hydrogen-bond donors (Lipinski definition) is 0. The van der Waals surface area contributed by atoms with Gasteiger partial charge in [-0.1, -0.05) is 58.0 Å². The van der Waals surface area contributed by atoms with Crippen LogP contribution in [0.2, 0.25) is 0 Å². The highest BCUT2D eigenvalue weighted by Crippen LogP contribution is 2.25. The molecule has 4 aromatic rings. The van der Waals surface area contributed by atoms with Crippen molar-refractivity contribution in [2.75, 3.05) is 12.9 Å². The molecule has 7 heteroatoms. The lowest BCUT2D eigenvalue weighted by molar-refractivity contribution is 0.102. The van der Waals surface area contributed by atoms with E-state index in [9.17, 15) is 9.59 Å². The predicted octanol–water partition coefficient (Wildman–Crippen LogP) is 5.13. The Bertz CT molecular complexity index is 1270. The van der Waals surface area contributed by atoms with Gasteiger partial charge in [0.05, 0.1) is 29.5 Å². The number of Topliss-reactive ketones (excluding diaryl/α,β-unsaturated/α-hetero) is 1. The molecule has 0 bridgehead atoms. The van der Waals surface area contributed by atoms with Gasteiger partial charge in [-0.15, -0.1) is 0 Å². The molecule has 0 spiro atoms. The molecule has 1 aromatic heterocycles. The first-order valence-electron chi connectivity index (χ1n) is 9.14. The molecule has 150 valence electrons. The summed E-state index contributed by atoms with van der Waals surface area (Å²) in [6.45, 7) is 0. The molecule has 0 amide bonds. The fraction of sp³-hybridized carbons (Fsp3) is 0.0870. The number of nitrogens with zero attached hydrogens (tertiary/aromatic N) is 2. The Morgan fingerprint density at radius 3 is 2.50 bits per heavy atom. The maximum atomic E-state index is 13.3. The van der Waals surface area contributed by atoms with E-state index in [1.165, 1.54) is 16.3 Å². The van der Waals surface area contributed by atoms with Gasteiger partial charge in [-0.3, -0.25) is 14.2 Å². The first kappa shape index (κ1) is 20.4. The van der Waals surface area contributed by atoms with Gasteiger partial charge in [-0.05, 0) is 42.5 Å². The van der Waals surface area contributed by atoms with Crippen molar-refractivity contribution in [2.24, 2.45) is 0 Å². The van der Waals surface area contributed by atoms with Crippen LogP contribution in [0.1, 0.15) is 10.4 Å². The summed E-state index contributed by atoms with van der Waals surface area (Å²) in [6, 6.07) is 21.7. The van der Waals surface area contributed by atoms with Gasteiger partial charge in [-0.2, -0.15) is 0 Å². The fourth-order valence-corrected chi connectivity index (χ4v) is 4.30. The highest BCUT2D eigenvalue weighted by atomic mass is 79.9. The zero-order valence-corrected chi connectivity index (χ0v) is 18.4.